The summed E-state index contributed by atoms with van der Waals surface area (Å²) in [6, 6.07) is 6.32. The first-order chi connectivity index (χ1) is 10.8. The molecule has 1 fully saturated rings. The number of hydrogen-bond donors (Lipinski definition) is 2. The van der Waals surface area contributed by atoms with Crippen molar-refractivity contribution in [2.24, 2.45) is 0 Å². The predicted octanol–water partition coefficient (Wildman–Crippen LogP) is 2.34. The molecule has 5 heteroatoms. The number of amides is 1. The van der Waals surface area contributed by atoms with Gasteiger partial charge in [-0.1, -0.05) is 25.3 Å². The van der Waals surface area contributed by atoms with Crippen molar-refractivity contribution in [2.75, 3.05) is 13.3 Å². The molecule has 0 atom stereocenters. The van der Waals surface area contributed by atoms with Crippen LogP contribution in [-0.2, 0) is 11.3 Å². The van der Waals surface area contributed by atoms with Crippen molar-refractivity contribution in [1.29, 1.82) is 0 Å². The highest BCUT2D eigenvalue weighted by Gasteiger charge is 2.15. The average molecular weight is 304 g/mol. The van der Waals surface area contributed by atoms with Crippen LogP contribution < -0.4 is 20.1 Å². The second-order valence-corrected chi connectivity index (χ2v) is 6.02. The SMILES string of the molecule is O=C(CCNCc1ccc2c(c1)OCO2)NC1CCCCC1. The Bertz CT molecular complexity index is 513. The van der Waals surface area contributed by atoms with Crippen LogP contribution in [0.4, 0.5) is 0 Å². The normalized spacial score (nSPS) is 17.5. The second-order valence-electron chi connectivity index (χ2n) is 6.02. The highest BCUT2D eigenvalue weighted by molar-refractivity contribution is 5.76. The number of nitrogens with one attached hydrogen (secondary N) is 2. The fraction of sp³-hybridized carbons (Fsp3) is 0.588. The third-order valence-corrected chi connectivity index (χ3v) is 4.27. The molecule has 120 valence electrons. The lowest BCUT2D eigenvalue weighted by Crippen LogP contribution is -2.37. The fourth-order valence-electron chi connectivity index (χ4n) is 3.03. The summed E-state index contributed by atoms with van der Waals surface area (Å²) in [4.78, 5) is 11.9. The van der Waals surface area contributed by atoms with E-state index in [1.807, 2.05) is 18.2 Å². The Kier molecular flexibility index (Phi) is 5.16. The molecule has 0 saturated heterocycles. The third-order valence-electron chi connectivity index (χ3n) is 4.27. The van der Waals surface area contributed by atoms with E-state index in [0.29, 0.717) is 25.8 Å². The molecular weight excluding hydrogens is 280 g/mol. The van der Waals surface area contributed by atoms with Gasteiger partial charge in [-0.2, -0.15) is 0 Å². The summed E-state index contributed by atoms with van der Waals surface area (Å²) in [5, 5.41) is 6.44. The Balaban J connectivity index is 1.34. The van der Waals surface area contributed by atoms with Crippen molar-refractivity contribution < 1.29 is 14.3 Å². The van der Waals surface area contributed by atoms with Gasteiger partial charge >= 0.3 is 0 Å². The minimum atomic E-state index is 0.157. The molecule has 1 aliphatic carbocycles. The summed E-state index contributed by atoms with van der Waals surface area (Å²) >= 11 is 0. The minimum Gasteiger partial charge on any atom is -0.454 e. The number of hydrogen-bond acceptors (Lipinski definition) is 4. The number of carbonyl (C=O) groups is 1. The Labute approximate surface area is 131 Å². The van der Waals surface area contributed by atoms with Gasteiger partial charge in [0.2, 0.25) is 12.7 Å². The minimum absolute atomic E-state index is 0.157. The van der Waals surface area contributed by atoms with E-state index in [9.17, 15) is 4.79 Å². The lowest BCUT2D eigenvalue weighted by atomic mass is 9.95. The molecule has 5 nitrogen and oxygen atoms in total. The van der Waals surface area contributed by atoms with Crippen molar-refractivity contribution in [3.63, 3.8) is 0 Å². The molecule has 22 heavy (non-hydrogen) atoms. The molecule has 1 heterocycles. The van der Waals surface area contributed by atoms with E-state index in [2.05, 4.69) is 10.6 Å². The van der Waals surface area contributed by atoms with Crippen LogP contribution in [0.25, 0.3) is 0 Å². The van der Waals surface area contributed by atoms with Crippen molar-refractivity contribution in [2.45, 2.75) is 51.1 Å². The summed E-state index contributed by atoms with van der Waals surface area (Å²) in [6.07, 6.45) is 6.60. The smallest absolute Gasteiger partial charge is 0.231 e. The molecule has 0 radical (unpaired) electrons. The number of fused-ring (bicyclic) bond motifs is 1. The summed E-state index contributed by atoms with van der Waals surface area (Å²) in [6.45, 7) is 1.72. The van der Waals surface area contributed by atoms with E-state index in [0.717, 1.165) is 36.4 Å². The highest BCUT2D eigenvalue weighted by Crippen LogP contribution is 2.32. The maximum atomic E-state index is 11.9. The van der Waals surface area contributed by atoms with Crippen LogP contribution in [0.2, 0.25) is 0 Å². The lowest BCUT2D eigenvalue weighted by molar-refractivity contribution is -0.121. The molecule has 1 aliphatic heterocycles. The third kappa shape index (κ3) is 4.13. The zero-order chi connectivity index (χ0) is 15.2. The Hall–Kier alpha value is -1.75. The average Bonchev–Trinajstić information content (AvgIpc) is 3.00. The van der Waals surface area contributed by atoms with Gasteiger partial charge in [0.25, 0.3) is 0 Å². The molecule has 2 aliphatic rings. The number of benzene rings is 1. The Morgan fingerprint density at radius 1 is 1.14 bits per heavy atom. The zero-order valence-electron chi connectivity index (χ0n) is 12.9. The van der Waals surface area contributed by atoms with E-state index in [4.69, 9.17) is 9.47 Å². The number of carbonyl (C=O) groups excluding carboxylic acids is 1. The standard InChI is InChI=1S/C17H24N2O3/c20-17(19-14-4-2-1-3-5-14)8-9-18-11-13-6-7-15-16(10-13)22-12-21-15/h6-7,10,14,18H,1-5,8-9,11-12H2,(H,19,20). The van der Waals surface area contributed by atoms with Gasteiger partial charge in [0.15, 0.2) is 11.5 Å². The van der Waals surface area contributed by atoms with Crippen LogP contribution in [0.3, 0.4) is 0 Å². The summed E-state index contributed by atoms with van der Waals surface area (Å²) < 4.78 is 10.6. The van der Waals surface area contributed by atoms with Crippen LogP contribution in [0, 0.1) is 0 Å². The first-order valence-corrected chi connectivity index (χ1v) is 8.20. The van der Waals surface area contributed by atoms with E-state index < -0.39 is 0 Å². The van der Waals surface area contributed by atoms with Crippen molar-refractivity contribution >= 4 is 5.91 Å². The summed E-state index contributed by atoms with van der Waals surface area (Å²) in [5.41, 5.74) is 1.14. The first kappa shape index (κ1) is 15.2. The van der Waals surface area contributed by atoms with Gasteiger partial charge in [-0.3, -0.25) is 4.79 Å². The first-order valence-electron chi connectivity index (χ1n) is 8.20. The lowest BCUT2D eigenvalue weighted by Gasteiger charge is -2.22. The number of ether oxygens (including phenoxy) is 2. The van der Waals surface area contributed by atoms with E-state index in [1.54, 1.807) is 0 Å². The highest BCUT2D eigenvalue weighted by atomic mass is 16.7. The topological polar surface area (TPSA) is 59.6 Å². The predicted molar refractivity (Wildman–Crippen MR) is 83.9 cm³/mol. The van der Waals surface area contributed by atoms with Gasteiger partial charge in [0.1, 0.15) is 0 Å². The molecule has 3 rings (SSSR count). The number of rotatable bonds is 6. The second kappa shape index (κ2) is 7.49. The molecular formula is C17H24N2O3. The summed E-state index contributed by atoms with van der Waals surface area (Å²) in [5.74, 6) is 1.76. The van der Waals surface area contributed by atoms with Crippen molar-refractivity contribution in [3.05, 3.63) is 23.8 Å². The molecule has 2 N–H and O–H groups in total. The molecule has 1 aromatic rings. The van der Waals surface area contributed by atoms with E-state index >= 15 is 0 Å². The fourth-order valence-corrected chi connectivity index (χ4v) is 3.03. The van der Waals surface area contributed by atoms with Crippen LogP contribution >= 0.6 is 0 Å². The van der Waals surface area contributed by atoms with Gasteiger partial charge in [-0.15, -0.1) is 0 Å². The summed E-state index contributed by atoms with van der Waals surface area (Å²) in [7, 11) is 0. The van der Waals surface area contributed by atoms with Crippen molar-refractivity contribution in [1.82, 2.24) is 10.6 Å². The van der Waals surface area contributed by atoms with Gasteiger partial charge < -0.3 is 20.1 Å². The molecule has 0 bridgehead atoms. The molecule has 0 spiro atoms. The maximum absolute atomic E-state index is 11.9. The molecule has 1 saturated carbocycles. The Morgan fingerprint density at radius 2 is 1.95 bits per heavy atom. The largest absolute Gasteiger partial charge is 0.454 e. The zero-order valence-corrected chi connectivity index (χ0v) is 12.9. The van der Waals surface area contributed by atoms with Gasteiger partial charge in [-0.25, -0.2) is 0 Å². The maximum Gasteiger partial charge on any atom is 0.231 e. The van der Waals surface area contributed by atoms with Crippen LogP contribution in [0.1, 0.15) is 44.1 Å². The Morgan fingerprint density at radius 3 is 2.82 bits per heavy atom. The van der Waals surface area contributed by atoms with Gasteiger partial charge in [0.05, 0.1) is 0 Å². The van der Waals surface area contributed by atoms with Crippen molar-refractivity contribution in [3.8, 4) is 11.5 Å². The monoisotopic (exact) mass is 304 g/mol. The van der Waals surface area contributed by atoms with E-state index in [-0.39, 0.29) is 5.91 Å². The quantitative estimate of drug-likeness (QED) is 0.792. The van der Waals surface area contributed by atoms with Crippen LogP contribution in [-0.4, -0.2) is 25.3 Å². The van der Waals surface area contributed by atoms with Gasteiger partial charge in [-0.05, 0) is 30.5 Å². The molecule has 1 aromatic carbocycles. The van der Waals surface area contributed by atoms with Crippen LogP contribution in [0.5, 0.6) is 11.5 Å². The van der Waals surface area contributed by atoms with E-state index in [1.165, 1.54) is 19.3 Å². The molecule has 0 aromatic heterocycles. The molecule has 0 unspecified atom stereocenters. The van der Waals surface area contributed by atoms with Gasteiger partial charge in [0, 0.05) is 25.6 Å². The van der Waals surface area contributed by atoms with Crippen LogP contribution in [0.15, 0.2) is 18.2 Å². The molecule has 1 amide bonds.